The first-order chi connectivity index (χ1) is 12.8. The predicted octanol–water partition coefficient (Wildman–Crippen LogP) is 1.69. The average Bonchev–Trinajstić information content (AvgIpc) is 2.64. The van der Waals surface area contributed by atoms with E-state index in [1.54, 1.807) is 19.1 Å². The molecule has 0 saturated carbocycles. The Morgan fingerprint density at radius 2 is 2.00 bits per heavy atom. The van der Waals surface area contributed by atoms with Gasteiger partial charge in [0.1, 0.15) is 5.75 Å². The van der Waals surface area contributed by atoms with Gasteiger partial charge in [-0.25, -0.2) is 0 Å². The first kappa shape index (κ1) is 18.3. The lowest BCUT2D eigenvalue weighted by Gasteiger charge is -2.28. The number of nitro groups is 1. The zero-order valence-electron chi connectivity index (χ0n) is 14.8. The van der Waals surface area contributed by atoms with E-state index in [4.69, 9.17) is 4.74 Å². The van der Waals surface area contributed by atoms with Crippen molar-refractivity contribution >= 4 is 23.1 Å². The molecule has 1 aliphatic heterocycles. The highest BCUT2D eigenvalue weighted by Gasteiger charge is 2.25. The molecule has 1 aromatic carbocycles. The van der Waals surface area contributed by atoms with Gasteiger partial charge in [0.05, 0.1) is 17.2 Å². The number of amides is 1. The molecule has 1 amide bonds. The summed E-state index contributed by atoms with van der Waals surface area (Å²) in [4.78, 5) is 48.6. The van der Waals surface area contributed by atoms with Gasteiger partial charge >= 0.3 is 11.2 Å². The van der Waals surface area contributed by atoms with E-state index in [-0.39, 0.29) is 24.6 Å². The minimum atomic E-state index is -0.833. The lowest BCUT2D eigenvalue weighted by molar-refractivity contribution is -0.386. The van der Waals surface area contributed by atoms with E-state index in [0.29, 0.717) is 23.7 Å². The van der Waals surface area contributed by atoms with Gasteiger partial charge in [0.2, 0.25) is 0 Å². The highest BCUT2D eigenvalue weighted by molar-refractivity contribution is 6.01. The van der Waals surface area contributed by atoms with Gasteiger partial charge in [-0.3, -0.25) is 29.1 Å². The minimum absolute atomic E-state index is 0.0591. The maximum absolute atomic E-state index is 12.7. The van der Waals surface area contributed by atoms with Crippen LogP contribution in [0.25, 0.3) is 0 Å². The summed E-state index contributed by atoms with van der Waals surface area (Å²) in [6, 6.07) is 7.23. The van der Waals surface area contributed by atoms with Crippen molar-refractivity contribution in [3.05, 3.63) is 62.1 Å². The van der Waals surface area contributed by atoms with Crippen LogP contribution in [0.2, 0.25) is 0 Å². The Hall–Kier alpha value is -3.49. The summed E-state index contributed by atoms with van der Waals surface area (Å²) in [6.45, 7) is 3.43. The number of ketones is 1. The summed E-state index contributed by atoms with van der Waals surface area (Å²) in [7, 11) is 0. The largest absolute Gasteiger partial charge is 0.482 e. The summed E-state index contributed by atoms with van der Waals surface area (Å²) in [5, 5.41) is 11.0. The number of aryl methyl sites for hydroxylation is 1. The first-order valence-electron chi connectivity index (χ1n) is 8.28. The highest BCUT2D eigenvalue weighted by atomic mass is 16.6. The average molecular weight is 371 g/mol. The van der Waals surface area contributed by atoms with Gasteiger partial charge in [-0.2, -0.15) is 0 Å². The normalized spacial score (nSPS) is 13.1. The van der Waals surface area contributed by atoms with Crippen molar-refractivity contribution in [1.29, 1.82) is 0 Å². The van der Waals surface area contributed by atoms with Crippen LogP contribution >= 0.6 is 0 Å². The third-order valence-corrected chi connectivity index (χ3v) is 4.41. The first-order valence-corrected chi connectivity index (χ1v) is 8.28. The van der Waals surface area contributed by atoms with Crippen molar-refractivity contribution in [3.8, 4) is 5.75 Å². The Bertz CT molecular complexity index is 1010. The fraction of sp³-hybridized carbons (Fsp3) is 0.278. The van der Waals surface area contributed by atoms with Crippen molar-refractivity contribution in [2.24, 2.45) is 0 Å². The van der Waals surface area contributed by atoms with E-state index in [1.807, 2.05) is 6.92 Å². The standard InChI is InChI=1S/C18H17N3O6/c1-3-19-14-8-12(5-7-16(14)27-10-17(19)23)15(22)9-20-11(2)4-6-13(18(20)24)21(25)26/h4-8H,3,9-10H2,1-2H3. The molecular weight excluding hydrogens is 354 g/mol. The summed E-state index contributed by atoms with van der Waals surface area (Å²) < 4.78 is 6.44. The molecule has 9 heteroatoms. The maximum Gasteiger partial charge on any atom is 0.334 e. The molecule has 0 aliphatic carbocycles. The zero-order valence-corrected chi connectivity index (χ0v) is 14.8. The second-order valence-corrected chi connectivity index (χ2v) is 6.04. The molecule has 0 atom stereocenters. The molecule has 1 aliphatic rings. The predicted molar refractivity (Wildman–Crippen MR) is 96.4 cm³/mol. The van der Waals surface area contributed by atoms with Crippen molar-refractivity contribution in [2.75, 3.05) is 18.1 Å². The van der Waals surface area contributed by atoms with E-state index < -0.39 is 22.0 Å². The molecule has 0 saturated heterocycles. The lowest BCUT2D eigenvalue weighted by Crippen LogP contribution is -2.38. The molecule has 27 heavy (non-hydrogen) atoms. The SMILES string of the molecule is CCN1C(=O)COc2ccc(C(=O)Cn3c(C)ccc([N+](=O)[O-])c3=O)cc21. The molecule has 2 heterocycles. The minimum Gasteiger partial charge on any atom is -0.482 e. The van der Waals surface area contributed by atoms with Crippen LogP contribution in [0.3, 0.4) is 0 Å². The number of carbonyl (C=O) groups excluding carboxylic acids is 2. The topological polar surface area (TPSA) is 112 Å². The van der Waals surface area contributed by atoms with Crippen LogP contribution in [0, 0.1) is 17.0 Å². The number of ether oxygens (including phenoxy) is 1. The van der Waals surface area contributed by atoms with Crippen LogP contribution < -0.4 is 15.2 Å². The van der Waals surface area contributed by atoms with E-state index >= 15 is 0 Å². The smallest absolute Gasteiger partial charge is 0.334 e. The zero-order chi connectivity index (χ0) is 19.7. The quantitative estimate of drug-likeness (QED) is 0.449. The van der Waals surface area contributed by atoms with Crippen LogP contribution in [0.4, 0.5) is 11.4 Å². The number of Topliss-reactive ketones (excluding diaryl/α,β-unsaturated/α-hetero) is 1. The second kappa shape index (κ2) is 7.02. The van der Waals surface area contributed by atoms with Crippen LogP contribution in [-0.4, -0.2) is 34.3 Å². The molecule has 0 fully saturated rings. The van der Waals surface area contributed by atoms with Crippen molar-refractivity contribution in [1.82, 2.24) is 4.57 Å². The number of carbonyl (C=O) groups is 2. The lowest BCUT2D eigenvalue weighted by atomic mass is 10.1. The summed E-state index contributed by atoms with van der Waals surface area (Å²) in [5.74, 6) is -0.116. The molecule has 3 rings (SSSR count). The molecule has 9 nitrogen and oxygen atoms in total. The Kier molecular flexibility index (Phi) is 4.76. The van der Waals surface area contributed by atoms with Gasteiger partial charge in [0.15, 0.2) is 12.4 Å². The third kappa shape index (κ3) is 3.31. The molecule has 0 radical (unpaired) electrons. The number of pyridine rings is 1. The van der Waals surface area contributed by atoms with Crippen molar-refractivity contribution in [2.45, 2.75) is 20.4 Å². The van der Waals surface area contributed by atoms with E-state index in [2.05, 4.69) is 0 Å². The van der Waals surface area contributed by atoms with Crippen LogP contribution in [0.15, 0.2) is 35.1 Å². The Labute approximate surface area is 153 Å². The van der Waals surface area contributed by atoms with Crippen molar-refractivity contribution in [3.63, 3.8) is 0 Å². The number of likely N-dealkylation sites (N-methyl/N-ethyl adjacent to an activating group) is 1. The number of aromatic nitrogens is 1. The van der Waals surface area contributed by atoms with Gasteiger partial charge in [-0.05, 0) is 38.1 Å². The number of benzene rings is 1. The number of fused-ring (bicyclic) bond motifs is 1. The van der Waals surface area contributed by atoms with Crippen LogP contribution in [0.5, 0.6) is 5.75 Å². The van der Waals surface area contributed by atoms with E-state index in [9.17, 15) is 24.5 Å². The highest BCUT2D eigenvalue weighted by Crippen LogP contribution is 2.33. The fourth-order valence-electron chi connectivity index (χ4n) is 2.95. The Morgan fingerprint density at radius 3 is 2.67 bits per heavy atom. The van der Waals surface area contributed by atoms with Gasteiger partial charge in [0.25, 0.3) is 5.91 Å². The van der Waals surface area contributed by atoms with Crippen LogP contribution in [-0.2, 0) is 11.3 Å². The molecular formula is C18H17N3O6. The third-order valence-electron chi connectivity index (χ3n) is 4.41. The molecule has 0 unspecified atom stereocenters. The van der Waals surface area contributed by atoms with Gasteiger partial charge < -0.3 is 9.64 Å². The number of rotatable bonds is 5. The summed E-state index contributed by atoms with van der Waals surface area (Å²) >= 11 is 0. The molecule has 1 aromatic heterocycles. The van der Waals surface area contributed by atoms with Gasteiger partial charge in [-0.15, -0.1) is 0 Å². The molecule has 2 aromatic rings. The summed E-state index contributed by atoms with van der Waals surface area (Å²) in [5.41, 5.74) is -0.216. The Balaban J connectivity index is 1.96. The van der Waals surface area contributed by atoms with Crippen molar-refractivity contribution < 1.29 is 19.2 Å². The number of hydrogen-bond donors (Lipinski definition) is 0. The summed E-state index contributed by atoms with van der Waals surface area (Å²) in [6.07, 6.45) is 0. The number of hydrogen-bond acceptors (Lipinski definition) is 6. The Morgan fingerprint density at radius 1 is 1.26 bits per heavy atom. The second-order valence-electron chi connectivity index (χ2n) is 6.04. The van der Waals surface area contributed by atoms with E-state index in [0.717, 1.165) is 10.6 Å². The van der Waals surface area contributed by atoms with Gasteiger partial charge in [0, 0.05) is 23.9 Å². The van der Waals surface area contributed by atoms with E-state index in [1.165, 1.54) is 17.0 Å². The number of nitrogens with zero attached hydrogens (tertiary/aromatic N) is 3. The molecule has 0 spiro atoms. The van der Waals surface area contributed by atoms with Gasteiger partial charge in [-0.1, -0.05) is 0 Å². The molecule has 0 N–H and O–H groups in total. The molecule has 140 valence electrons. The maximum atomic E-state index is 12.7. The monoisotopic (exact) mass is 371 g/mol. The molecule has 0 bridgehead atoms. The van der Waals surface area contributed by atoms with Crippen LogP contribution in [0.1, 0.15) is 23.0 Å². The fourth-order valence-corrected chi connectivity index (χ4v) is 2.95. The number of anilines is 1.